The third-order valence-corrected chi connectivity index (χ3v) is 3.82. The van der Waals surface area contributed by atoms with Crippen molar-refractivity contribution in [2.45, 2.75) is 45.6 Å². The lowest BCUT2D eigenvalue weighted by molar-refractivity contribution is 0.202. The maximum Gasteiger partial charge on any atom is 0.0954 e. The number of methoxy groups -OCH3 is 1. The molecule has 0 radical (unpaired) electrons. The van der Waals surface area contributed by atoms with Crippen LogP contribution in [0.15, 0.2) is 0 Å². The lowest BCUT2D eigenvalue weighted by Crippen LogP contribution is -2.28. The van der Waals surface area contributed by atoms with Crippen LogP contribution in [0.3, 0.4) is 0 Å². The number of nitrogens with two attached hydrogens (primary N) is 1. The third-order valence-electron chi connectivity index (χ3n) is 2.35. The highest BCUT2D eigenvalue weighted by atomic mass is 32.1. The average Bonchev–Trinajstić information content (AvgIpc) is 2.58. The predicted molar refractivity (Wildman–Crippen MR) is 69.0 cm³/mol. The Hall–Kier alpha value is -0.450. The maximum absolute atomic E-state index is 6.18. The van der Waals surface area contributed by atoms with Gasteiger partial charge in [0.05, 0.1) is 17.3 Å². The first kappa shape index (κ1) is 13.6. The number of thiazole rings is 1. The molecule has 16 heavy (non-hydrogen) atoms. The van der Waals surface area contributed by atoms with E-state index in [0.717, 1.165) is 23.7 Å². The monoisotopic (exact) mass is 242 g/mol. The van der Waals surface area contributed by atoms with Crippen LogP contribution in [0.5, 0.6) is 0 Å². The minimum atomic E-state index is -0.303. The van der Waals surface area contributed by atoms with E-state index >= 15 is 0 Å². The molecule has 0 unspecified atom stereocenters. The molecule has 1 heterocycles. The minimum Gasteiger partial charge on any atom is -0.384 e. The zero-order valence-electron chi connectivity index (χ0n) is 10.8. The van der Waals surface area contributed by atoms with E-state index in [1.54, 1.807) is 18.4 Å². The zero-order chi connectivity index (χ0) is 12.3. The molecule has 1 rings (SSSR count). The first-order chi connectivity index (χ1) is 7.36. The van der Waals surface area contributed by atoms with Crippen LogP contribution in [0, 0.1) is 0 Å². The van der Waals surface area contributed by atoms with Gasteiger partial charge in [-0.1, -0.05) is 13.8 Å². The molecule has 0 bridgehead atoms. The summed E-state index contributed by atoms with van der Waals surface area (Å²) in [6, 6.07) is 0. The van der Waals surface area contributed by atoms with E-state index in [-0.39, 0.29) is 5.54 Å². The van der Waals surface area contributed by atoms with Crippen molar-refractivity contribution < 1.29 is 4.74 Å². The van der Waals surface area contributed by atoms with Crippen LogP contribution in [0.4, 0.5) is 0 Å². The first-order valence-electron chi connectivity index (χ1n) is 5.64. The van der Waals surface area contributed by atoms with E-state index in [1.165, 1.54) is 4.88 Å². The Bertz CT molecular complexity index is 339. The first-order valence-corrected chi connectivity index (χ1v) is 6.45. The summed E-state index contributed by atoms with van der Waals surface area (Å²) in [6.07, 6.45) is 0.872. The van der Waals surface area contributed by atoms with Gasteiger partial charge in [-0.25, -0.2) is 4.98 Å². The Labute approximate surface area is 102 Å². The number of aromatic nitrogens is 1. The summed E-state index contributed by atoms with van der Waals surface area (Å²) in [7, 11) is 1.71. The van der Waals surface area contributed by atoms with Crippen LogP contribution in [0.2, 0.25) is 0 Å². The number of rotatable bonds is 5. The number of ether oxygens (including phenoxy) is 1. The fourth-order valence-corrected chi connectivity index (χ4v) is 2.74. The van der Waals surface area contributed by atoms with Gasteiger partial charge in [0.15, 0.2) is 0 Å². The molecule has 0 saturated carbocycles. The van der Waals surface area contributed by atoms with Gasteiger partial charge in [0.1, 0.15) is 0 Å². The fourth-order valence-electron chi connectivity index (χ4n) is 1.53. The Morgan fingerprint density at radius 1 is 1.44 bits per heavy atom. The average molecular weight is 242 g/mol. The van der Waals surface area contributed by atoms with Crippen molar-refractivity contribution in [3.63, 3.8) is 0 Å². The molecule has 0 atom stereocenters. The zero-order valence-corrected chi connectivity index (χ0v) is 11.6. The second-order valence-corrected chi connectivity index (χ2v) is 6.02. The third kappa shape index (κ3) is 3.27. The van der Waals surface area contributed by atoms with E-state index < -0.39 is 0 Å². The summed E-state index contributed by atoms with van der Waals surface area (Å²) in [4.78, 5) is 5.87. The van der Waals surface area contributed by atoms with E-state index in [0.29, 0.717) is 5.92 Å². The van der Waals surface area contributed by atoms with Crippen LogP contribution in [-0.4, -0.2) is 18.7 Å². The Morgan fingerprint density at radius 3 is 2.44 bits per heavy atom. The molecular formula is C12H22N2OS. The number of nitrogens with zero attached hydrogens (tertiary/aromatic N) is 1. The van der Waals surface area contributed by atoms with Gasteiger partial charge in [-0.15, -0.1) is 11.3 Å². The van der Waals surface area contributed by atoms with Gasteiger partial charge in [0.2, 0.25) is 0 Å². The molecule has 0 aromatic carbocycles. The van der Waals surface area contributed by atoms with Crippen molar-refractivity contribution in [3.05, 3.63) is 15.6 Å². The summed E-state index contributed by atoms with van der Waals surface area (Å²) in [6.45, 7) is 9.10. The second-order valence-electron chi connectivity index (χ2n) is 4.94. The summed E-state index contributed by atoms with van der Waals surface area (Å²) in [5, 5.41) is 1.12. The molecule has 2 N–H and O–H groups in total. The van der Waals surface area contributed by atoms with Crippen molar-refractivity contribution in [3.8, 4) is 0 Å². The van der Waals surface area contributed by atoms with E-state index in [9.17, 15) is 0 Å². The van der Waals surface area contributed by atoms with Gasteiger partial charge in [0.25, 0.3) is 0 Å². The smallest absolute Gasteiger partial charge is 0.0954 e. The van der Waals surface area contributed by atoms with Crippen molar-refractivity contribution in [2.24, 2.45) is 5.73 Å². The predicted octanol–water partition coefficient (Wildman–Crippen LogP) is 2.65. The molecule has 1 aromatic heterocycles. The Kier molecular flexibility index (Phi) is 4.47. The molecule has 0 fully saturated rings. The van der Waals surface area contributed by atoms with Crippen molar-refractivity contribution in [2.75, 3.05) is 13.7 Å². The highest BCUT2D eigenvalue weighted by Gasteiger charge is 2.24. The summed E-state index contributed by atoms with van der Waals surface area (Å²) in [5.41, 5.74) is 7.02. The summed E-state index contributed by atoms with van der Waals surface area (Å²) < 4.78 is 5.08. The van der Waals surface area contributed by atoms with Crippen LogP contribution < -0.4 is 5.73 Å². The van der Waals surface area contributed by atoms with Crippen LogP contribution >= 0.6 is 11.3 Å². The van der Waals surface area contributed by atoms with E-state index in [2.05, 4.69) is 18.8 Å². The van der Waals surface area contributed by atoms with Crippen molar-refractivity contribution in [1.29, 1.82) is 0 Å². The molecule has 0 amide bonds. The topological polar surface area (TPSA) is 48.1 Å². The van der Waals surface area contributed by atoms with E-state index in [1.807, 2.05) is 13.8 Å². The molecule has 0 aliphatic rings. The lowest BCUT2D eigenvalue weighted by atomic mass is 9.98. The SMILES string of the molecule is COCCc1nc(C(C)C)c(C(C)(C)N)s1. The summed E-state index contributed by atoms with van der Waals surface area (Å²) in [5.74, 6) is 0.422. The minimum absolute atomic E-state index is 0.303. The standard InChI is InChI=1S/C12H22N2OS/c1-8(2)10-11(12(3,4)13)16-9(14-10)6-7-15-5/h8H,6-7,13H2,1-5H3. The molecule has 0 aliphatic heterocycles. The van der Waals surface area contributed by atoms with Crippen molar-refractivity contribution in [1.82, 2.24) is 4.98 Å². The summed E-state index contributed by atoms with van der Waals surface area (Å²) >= 11 is 1.72. The Morgan fingerprint density at radius 2 is 2.06 bits per heavy atom. The van der Waals surface area contributed by atoms with Crippen molar-refractivity contribution >= 4 is 11.3 Å². The van der Waals surface area contributed by atoms with Gasteiger partial charge in [-0.05, 0) is 19.8 Å². The molecule has 0 spiro atoms. The second kappa shape index (κ2) is 5.25. The molecule has 0 aliphatic carbocycles. The molecule has 92 valence electrons. The highest BCUT2D eigenvalue weighted by Crippen LogP contribution is 2.32. The van der Waals surface area contributed by atoms with Crippen LogP contribution in [0.1, 0.15) is 49.2 Å². The Balaban J connectivity index is 3.01. The molecule has 1 aromatic rings. The quantitative estimate of drug-likeness (QED) is 0.863. The van der Waals surface area contributed by atoms with Gasteiger partial charge >= 0.3 is 0 Å². The van der Waals surface area contributed by atoms with E-state index in [4.69, 9.17) is 10.5 Å². The number of hydrogen-bond acceptors (Lipinski definition) is 4. The maximum atomic E-state index is 6.18. The van der Waals surface area contributed by atoms with Gasteiger partial charge < -0.3 is 10.5 Å². The van der Waals surface area contributed by atoms with Crippen LogP contribution in [-0.2, 0) is 16.7 Å². The molecule has 0 saturated heterocycles. The fraction of sp³-hybridized carbons (Fsp3) is 0.750. The normalized spacial score (nSPS) is 12.4. The molecule has 4 heteroatoms. The number of hydrogen-bond donors (Lipinski definition) is 1. The molecular weight excluding hydrogens is 220 g/mol. The van der Waals surface area contributed by atoms with Gasteiger partial charge in [-0.2, -0.15) is 0 Å². The van der Waals surface area contributed by atoms with Gasteiger partial charge in [0, 0.05) is 23.9 Å². The lowest BCUT2D eigenvalue weighted by Gasteiger charge is -2.19. The largest absolute Gasteiger partial charge is 0.384 e. The highest BCUT2D eigenvalue weighted by molar-refractivity contribution is 7.11. The van der Waals surface area contributed by atoms with Gasteiger partial charge in [-0.3, -0.25) is 0 Å². The van der Waals surface area contributed by atoms with Crippen LogP contribution in [0.25, 0.3) is 0 Å². The molecule has 3 nitrogen and oxygen atoms in total.